The number of carbonyl (C=O) groups is 2. The van der Waals surface area contributed by atoms with Crippen LogP contribution in [0, 0.1) is 12.7 Å². The summed E-state index contributed by atoms with van der Waals surface area (Å²) in [5.41, 5.74) is 0.534. The molecule has 2 amide bonds. The molecule has 2 aromatic rings. The Morgan fingerprint density at radius 3 is 2.41 bits per heavy atom. The molecule has 0 saturated carbocycles. The average Bonchev–Trinajstić information content (AvgIpc) is 2.67. The molecule has 156 valence electrons. The molecule has 0 spiro atoms. The van der Waals surface area contributed by atoms with Gasteiger partial charge in [-0.1, -0.05) is 30.3 Å². The van der Waals surface area contributed by atoms with Gasteiger partial charge in [-0.15, -0.1) is 0 Å². The van der Waals surface area contributed by atoms with E-state index in [2.05, 4.69) is 5.32 Å². The Labute approximate surface area is 165 Å². The predicted molar refractivity (Wildman–Crippen MR) is 98.8 cm³/mol. The molecule has 0 bridgehead atoms. The molecule has 2 aromatic carbocycles. The third-order valence-corrected chi connectivity index (χ3v) is 4.03. The highest BCUT2D eigenvalue weighted by atomic mass is 19.4. The monoisotopic (exact) mass is 412 g/mol. The SMILES string of the molecule is Cc1c(F)cc(C(=O)NCC(F)(F)F)cc1NC(=O)C(C)OCc1ccccc1. The van der Waals surface area contributed by atoms with E-state index in [1.54, 1.807) is 5.32 Å². The second-order valence-electron chi connectivity index (χ2n) is 6.36. The fourth-order valence-corrected chi connectivity index (χ4v) is 2.33. The van der Waals surface area contributed by atoms with E-state index in [9.17, 15) is 27.2 Å². The molecule has 0 heterocycles. The maximum absolute atomic E-state index is 14.1. The molecule has 1 unspecified atom stereocenters. The fraction of sp³-hybridized carbons (Fsp3) is 0.300. The lowest BCUT2D eigenvalue weighted by Crippen LogP contribution is -2.34. The number of hydrogen-bond acceptors (Lipinski definition) is 3. The molecule has 9 heteroatoms. The van der Waals surface area contributed by atoms with E-state index in [1.165, 1.54) is 13.8 Å². The van der Waals surface area contributed by atoms with E-state index < -0.39 is 36.5 Å². The highest BCUT2D eigenvalue weighted by Crippen LogP contribution is 2.22. The summed E-state index contributed by atoms with van der Waals surface area (Å²) in [5, 5.41) is 4.11. The normalized spacial score (nSPS) is 12.3. The van der Waals surface area contributed by atoms with Crippen molar-refractivity contribution in [3.63, 3.8) is 0 Å². The summed E-state index contributed by atoms with van der Waals surface area (Å²) in [6.07, 6.45) is -5.48. The van der Waals surface area contributed by atoms with Crippen molar-refractivity contribution in [1.29, 1.82) is 0 Å². The van der Waals surface area contributed by atoms with E-state index in [4.69, 9.17) is 4.74 Å². The summed E-state index contributed by atoms with van der Waals surface area (Å²) < 4.78 is 56.3. The Balaban J connectivity index is 2.05. The molecule has 0 aromatic heterocycles. The van der Waals surface area contributed by atoms with Crippen molar-refractivity contribution in [3.05, 3.63) is 65.0 Å². The first-order chi connectivity index (χ1) is 13.6. The van der Waals surface area contributed by atoms with Gasteiger partial charge in [0.05, 0.1) is 6.61 Å². The minimum atomic E-state index is -4.60. The van der Waals surface area contributed by atoms with Crippen LogP contribution < -0.4 is 10.6 Å². The molecule has 0 radical (unpaired) electrons. The number of rotatable bonds is 7. The number of nitrogens with one attached hydrogen (secondary N) is 2. The quantitative estimate of drug-likeness (QED) is 0.677. The lowest BCUT2D eigenvalue weighted by atomic mass is 10.1. The Hall–Kier alpha value is -2.94. The first-order valence-electron chi connectivity index (χ1n) is 8.68. The van der Waals surface area contributed by atoms with E-state index in [0.717, 1.165) is 17.7 Å². The van der Waals surface area contributed by atoms with Gasteiger partial charge < -0.3 is 15.4 Å². The van der Waals surface area contributed by atoms with Gasteiger partial charge in [-0.2, -0.15) is 13.2 Å². The molecule has 5 nitrogen and oxygen atoms in total. The Morgan fingerprint density at radius 2 is 1.79 bits per heavy atom. The molecule has 0 saturated heterocycles. The number of carbonyl (C=O) groups excluding carboxylic acids is 2. The summed E-state index contributed by atoms with van der Waals surface area (Å²) in [6, 6.07) is 11.1. The second-order valence-corrected chi connectivity index (χ2v) is 6.36. The minimum absolute atomic E-state index is 0.0256. The van der Waals surface area contributed by atoms with Crippen molar-refractivity contribution in [1.82, 2.24) is 5.32 Å². The van der Waals surface area contributed by atoms with E-state index in [0.29, 0.717) is 0 Å². The summed E-state index contributed by atoms with van der Waals surface area (Å²) in [7, 11) is 0. The van der Waals surface area contributed by atoms with Gasteiger partial charge in [-0.3, -0.25) is 9.59 Å². The molecule has 0 aliphatic rings. The number of anilines is 1. The number of hydrogen-bond donors (Lipinski definition) is 2. The topological polar surface area (TPSA) is 67.4 Å². The number of halogens is 4. The van der Waals surface area contributed by atoms with Crippen molar-refractivity contribution >= 4 is 17.5 Å². The van der Waals surface area contributed by atoms with Gasteiger partial charge >= 0.3 is 6.18 Å². The lowest BCUT2D eigenvalue weighted by Gasteiger charge is -2.16. The summed E-state index contributed by atoms with van der Waals surface area (Å²) in [4.78, 5) is 24.2. The summed E-state index contributed by atoms with van der Waals surface area (Å²) in [5.74, 6) is -2.53. The maximum Gasteiger partial charge on any atom is 0.405 e. The molecule has 29 heavy (non-hydrogen) atoms. The van der Waals surface area contributed by atoms with Gasteiger partial charge in [-0.05, 0) is 31.5 Å². The number of amides is 2. The highest BCUT2D eigenvalue weighted by Gasteiger charge is 2.28. The smallest absolute Gasteiger partial charge is 0.364 e. The van der Waals surface area contributed by atoms with Gasteiger partial charge in [0.25, 0.3) is 11.8 Å². The van der Waals surface area contributed by atoms with Crippen LogP contribution in [-0.2, 0) is 16.1 Å². The predicted octanol–water partition coefficient (Wildman–Crippen LogP) is 3.97. The lowest BCUT2D eigenvalue weighted by molar-refractivity contribution is -0.127. The van der Waals surface area contributed by atoms with Crippen LogP contribution in [-0.4, -0.2) is 30.6 Å². The summed E-state index contributed by atoms with van der Waals surface area (Å²) >= 11 is 0. The van der Waals surface area contributed by atoms with Crippen LogP contribution in [0.25, 0.3) is 0 Å². The van der Waals surface area contributed by atoms with Gasteiger partial charge in [0.2, 0.25) is 0 Å². The average molecular weight is 412 g/mol. The van der Waals surface area contributed by atoms with Gasteiger partial charge in [0.1, 0.15) is 18.5 Å². The minimum Gasteiger partial charge on any atom is -0.364 e. The van der Waals surface area contributed by atoms with Crippen LogP contribution in [0.5, 0.6) is 0 Å². The molecule has 0 aliphatic carbocycles. The van der Waals surface area contributed by atoms with Crippen molar-refractivity contribution in [2.24, 2.45) is 0 Å². The Morgan fingerprint density at radius 1 is 1.14 bits per heavy atom. The van der Waals surface area contributed by atoms with E-state index in [-0.39, 0.29) is 23.4 Å². The zero-order chi connectivity index (χ0) is 21.6. The molecule has 2 N–H and O–H groups in total. The number of benzene rings is 2. The first kappa shape index (κ1) is 22.4. The molecular weight excluding hydrogens is 392 g/mol. The zero-order valence-corrected chi connectivity index (χ0v) is 15.8. The fourth-order valence-electron chi connectivity index (χ4n) is 2.33. The Bertz CT molecular complexity index is 870. The van der Waals surface area contributed by atoms with Crippen LogP contribution in [0.15, 0.2) is 42.5 Å². The first-order valence-corrected chi connectivity index (χ1v) is 8.68. The highest BCUT2D eigenvalue weighted by molar-refractivity contribution is 5.98. The van der Waals surface area contributed by atoms with Crippen molar-refractivity contribution in [2.45, 2.75) is 32.7 Å². The second kappa shape index (κ2) is 9.51. The van der Waals surface area contributed by atoms with E-state index >= 15 is 0 Å². The van der Waals surface area contributed by atoms with Crippen LogP contribution in [0.1, 0.15) is 28.4 Å². The third-order valence-electron chi connectivity index (χ3n) is 4.03. The number of ether oxygens (including phenoxy) is 1. The van der Waals surface area contributed by atoms with Crippen LogP contribution in [0.3, 0.4) is 0 Å². The van der Waals surface area contributed by atoms with Crippen molar-refractivity contribution in [3.8, 4) is 0 Å². The van der Waals surface area contributed by atoms with Crippen LogP contribution in [0.4, 0.5) is 23.2 Å². The standard InChI is InChI=1S/C20H20F4N2O3/c1-12-16(21)8-15(19(28)25-11-20(22,23)24)9-17(12)26-18(27)13(2)29-10-14-6-4-3-5-7-14/h3-9,13H,10-11H2,1-2H3,(H,25,28)(H,26,27). The molecular formula is C20H20F4N2O3. The van der Waals surface area contributed by atoms with Crippen molar-refractivity contribution < 1.29 is 31.9 Å². The van der Waals surface area contributed by atoms with Crippen LogP contribution >= 0.6 is 0 Å². The van der Waals surface area contributed by atoms with E-state index in [1.807, 2.05) is 30.3 Å². The van der Waals surface area contributed by atoms with Gasteiger partial charge in [0.15, 0.2) is 0 Å². The van der Waals surface area contributed by atoms with Gasteiger partial charge in [0, 0.05) is 16.8 Å². The molecule has 0 aliphatic heterocycles. The largest absolute Gasteiger partial charge is 0.405 e. The molecule has 1 atom stereocenters. The maximum atomic E-state index is 14.1. The Kier molecular flexibility index (Phi) is 7.33. The number of alkyl halides is 3. The summed E-state index contributed by atoms with van der Waals surface area (Å²) in [6.45, 7) is 1.51. The van der Waals surface area contributed by atoms with Gasteiger partial charge in [-0.25, -0.2) is 4.39 Å². The van der Waals surface area contributed by atoms with Crippen LogP contribution in [0.2, 0.25) is 0 Å². The zero-order valence-electron chi connectivity index (χ0n) is 15.8. The third kappa shape index (κ3) is 6.86. The van der Waals surface area contributed by atoms with Crippen molar-refractivity contribution in [2.75, 3.05) is 11.9 Å². The molecule has 0 fully saturated rings. The molecule has 2 rings (SSSR count).